The van der Waals surface area contributed by atoms with Crippen LogP contribution >= 0.6 is 35.4 Å². The number of alkyl halides is 2. The Morgan fingerprint density at radius 1 is 1.40 bits per heavy atom. The molecule has 0 aliphatic rings. The summed E-state index contributed by atoms with van der Waals surface area (Å²) in [4.78, 5) is 2.15. The summed E-state index contributed by atoms with van der Waals surface area (Å²) in [5.74, 6) is 1.13. The summed E-state index contributed by atoms with van der Waals surface area (Å²) in [6, 6.07) is 6.10. The molecule has 3 N–H and O–H groups in total. The standard InChI is InChI=1S/C13H18Cl2N4S/c1-10-8-12(19(6-4-14)7-5-15)3-2-11(10)9-17-18-13(16)20/h2-3,8-9H,4-7H2,1H3,(H3,16,18,20)/b17-9+. The van der Waals surface area contributed by atoms with Crippen LogP contribution in [0.2, 0.25) is 0 Å². The lowest BCUT2D eigenvalue weighted by Gasteiger charge is -2.23. The molecule has 20 heavy (non-hydrogen) atoms. The minimum Gasteiger partial charge on any atom is -0.375 e. The van der Waals surface area contributed by atoms with Crippen LogP contribution in [-0.2, 0) is 0 Å². The molecule has 0 spiro atoms. The van der Waals surface area contributed by atoms with Gasteiger partial charge in [-0.15, -0.1) is 23.2 Å². The van der Waals surface area contributed by atoms with Gasteiger partial charge in [0.2, 0.25) is 0 Å². The first-order chi connectivity index (χ1) is 9.58. The summed E-state index contributed by atoms with van der Waals surface area (Å²) in [6.07, 6.45) is 1.69. The zero-order valence-corrected chi connectivity index (χ0v) is 13.6. The SMILES string of the molecule is Cc1cc(N(CCCl)CCCl)ccc1/C=N/NC(N)=S. The highest BCUT2D eigenvalue weighted by molar-refractivity contribution is 7.80. The maximum atomic E-state index is 5.81. The van der Waals surface area contributed by atoms with Gasteiger partial charge in [-0.25, -0.2) is 0 Å². The van der Waals surface area contributed by atoms with E-state index in [-0.39, 0.29) is 5.11 Å². The lowest BCUT2D eigenvalue weighted by molar-refractivity contribution is 0.873. The van der Waals surface area contributed by atoms with Crippen molar-refractivity contribution in [1.82, 2.24) is 5.43 Å². The smallest absolute Gasteiger partial charge is 0.184 e. The topological polar surface area (TPSA) is 53.6 Å². The largest absolute Gasteiger partial charge is 0.375 e. The van der Waals surface area contributed by atoms with E-state index in [9.17, 15) is 0 Å². The van der Waals surface area contributed by atoms with Crippen molar-refractivity contribution in [3.63, 3.8) is 0 Å². The molecule has 4 nitrogen and oxygen atoms in total. The third-order valence-corrected chi connectivity index (χ3v) is 3.14. The molecule has 0 aromatic heterocycles. The molecule has 0 saturated heterocycles. The van der Waals surface area contributed by atoms with E-state index >= 15 is 0 Å². The molecule has 0 amide bonds. The number of benzene rings is 1. The van der Waals surface area contributed by atoms with Crippen molar-refractivity contribution in [1.29, 1.82) is 0 Å². The van der Waals surface area contributed by atoms with Crippen molar-refractivity contribution >= 4 is 52.4 Å². The molecule has 0 saturated carbocycles. The lowest BCUT2D eigenvalue weighted by Crippen LogP contribution is -2.27. The van der Waals surface area contributed by atoms with Gasteiger partial charge < -0.3 is 10.6 Å². The number of nitrogens with zero attached hydrogens (tertiary/aromatic N) is 2. The minimum atomic E-state index is 0.144. The monoisotopic (exact) mass is 332 g/mol. The van der Waals surface area contributed by atoms with Gasteiger partial charge in [0.05, 0.1) is 6.21 Å². The first kappa shape index (κ1) is 17.0. The average molecular weight is 333 g/mol. The predicted molar refractivity (Wildman–Crippen MR) is 92.3 cm³/mol. The van der Waals surface area contributed by atoms with Crippen LogP contribution in [0.5, 0.6) is 0 Å². The molecule has 0 atom stereocenters. The van der Waals surface area contributed by atoms with Crippen LogP contribution in [0.1, 0.15) is 11.1 Å². The predicted octanol–water partition coefficient (Wildman–Crippen LogP) is 2.45. The third-order valence-electron chi connectivity index (χ3n) is 2.71. The highest BCUT2D eigenvalue weighted by Gasteiger charge is 2.06. The van der Waals surface area contributed by atoms with Crippen molar-refractivity contribution in [2.24, 2.45) is 10.8 Å². The number of nitrogens with two attached hydrogens (primary N) is 1. The second-order valence-corrected chi connectivity index (χ2v) is 5.34. The van der Waals surface area contributed by atoms with E-state index in [1.54, 1.807) is 6.21 Å². The van der Waals surface area contributed by atoms with E-state index in [1.807, 2.05) is 19.1 Å². The molecule has 0 aliphatic heterocycles. The summed E-state index contributed by atoms with van der Waals surface area (Å²) in [5.41, 5.74) is 11.0. The van der Waals surface area contributed by atoms with Crippen LogP contribution in [0.25, 0.3) is 0 Å². The highest BCUT2D eigenvalue weighted by atomic mass is 35.5. The molecule has 0 radical (unpaired) electrons. The van der Waals surface area contributed by atoms with Crippen molar-refractivity contribution in [3.8, 4) is 0 Å². The van der Waals surface area contributed by atoms with E-state index in [4.69, 9.17) is 28.9 Å². The van der Waals surface area contributed by atoms with E-state index in [1.165, 1.54) is 0 Å². The fourth-order valence-electron chi connectivity index (χ4n) is 1.74. The first-order valence-electron chi connectivity index (χ1n) is 6.14. The molecule has 7 heteroatoms. The number of halogens is 2. The molecule has 0 aliphatic carbocycles. The molecular weight excluding hydrogens is 315 g/mol. The summed E-state index contributed by atoms with van der Waals surface area (Å²) < 4.78 is 0. The van der Waals surface area contributed by atoms with Gasteiger partial charge in [-0.05, 0) is 42.4 Å². The Bertz CT molecular complexity index is 473. The zero-order valence-electron chi connectivity index (χ0n) is 11.3. The highest BCUT2D eigenvalue weighted by Crippen LogP contribution is 2.18. The molecule has 1 aromatic rings. The molecule has 0 unspecified atom stereocenters. The maximum Gasteiger partial charge on any atom is 0.184 e. The van der Waals surface area contributed by atoms with E-state index in [0.717, 1.165) is 29.9 Å². The van der Waals surface area contributed by atoms with Crippen molar-refractivity contribution in [3.05, 3.63) is 29.3 Å². The Labute approximate surface area is 134 Å². The van der Waals surface area contributed by atoms with Crippen LogP contribution in [-0.4, -0.2) is 36.2 Å². The maximum absolute atomic E-state index is 5.81. The van der Waals surface area contributed by atoms with Gasteiger partial charge in [0, 0.05) is 30.5 Å². The van der Waals surface area contributed by atoms with Gasteiger partial charge in [-0.1, -0.05) is 6.07 Å². The number of nitrogens with one attached hydrogen (secondary N) is 1. The Morgan fingerprint density at radius 3 is 2.55 bits per heavy atom. The summed E-state index contributed by atoms with van der Waals surface area (Å²) in [5, 5.41) is 4.10. The number of thiocarbonyl (C=S) groups is 1. The van der Waals surface area contributed by atoms with E-state index in [0.29, 0.717) is 11.8 Å². The number of rotatable bonds is 7. The van der Waals surface area contributed by atoms with Gasteiger partial charge in [0.15, 0.2) is 5.11 Å². The molecule has 0 heterocycles. The van der Waals surface area contributed by atoms with Crippen LogP contribution in [0.4, 0.5) is 5.69 Å². The van der Waals surface area contributed by atoms with Gasteiger partial charge in [-0.3, -0.25) is 5.43 Å². The molecule has 1 aromatic carbocycles. The van der Waals surface area contributed by atoms with Gasteiger partial charge in [0.1, 0.15) is 0 Å². The van der Waals surface area contributed by atoms with Crippen molar-refractivity contribution in [2.45, 2.75) is 6.92 Å². The zero-order chi connectivity index (χ0) is 15.0. The quantitative estimate of drug-likeness (QED) is 0.348. The third kappa shape index (κ3) is 5.53. The van der Waals surface area contributed by atoms with Crippen molar-refractivity contribution in [2.75, 3.05) is 29.7 Å². The molecular formula is C13H18Cl2N4S. The second kappa shape index (κ2) is 9.00. The summed E-state index contributed by atoms with van der Waals surface area (Å²) >= 11 is 16.3. The van der Waals surface area contributed by atoms with Crippen LogP contribution in [0.15, 0.2) is 23.3 Å². The molecule has 0 fully saturated rings. The Balaban J connectivity index is 2.85. The molecule has 110 valence electrons. The van der Waals surface area contributed by atoms with Crippen LogP contribution < -0.4 is 16.1 Å². The van der Waals surface area contributed by atoms with Gasteiger partial charge >= 0.3 is 0 Å². The van der Waals surface area contributed by atoms with Gasteiger partial charge in [-0.2, -0.15) is 5.10 Å². The van der Waals surface area contributed by atoms with Gasteiger partial charge in [0.25, 0.3) is 0 Å². The number of hydrazone groups is 1. The Kier molecular flexibility index (Phi) is 7.65. The normalized spacial score (nSPS) is 10.8. The summed E-state index contributed by atoms with van der Waals surface area (Å²) in [6.45, 7) is 3.56. The Morgan fingerprint density at radius 2 is 2.05 bits per heavy atom. The molecule has 1 rings (SSSR count). The lowest BCUT2D eigenvalue weighted by atomic mass is 10.1. The average Bonchev–Trinajstić information content (AvgIpc) is 2.40. The summed E-state index contributed by atoms with van der Waals surface area (Å²) in [7, 11) is 0. The van der Waals surface area contributed by atoms with Crippen LogP contribution in [0, 0.1) is 6.92 Å². The minimum absolute atomic E-state index is 0.144. The fraction of sp³-hybridized carbons (Fsp3) is 0.385. The number of hydrogen-bond acceptors (Lipinski definition) is 3. The van der Waals surface area contributed by atoms with Crippen molar-refractivity contribution < 1.29 is 0 Å². The van der Waals surface area contributed by atoms with Crippen LogP contribution in [0.3, 0.4) is 0 Å². The number of hydrogen-bond donors (Lipinski definition) is 2. The molecule has 0 bridgehead atoms. The fourth-order valence-corrected chi connectivity index (χ4v) is 2.20. The number of aryl methyl sites for hydroxylation is 1. The Hall–Kier alpha value is -1.04. The van der Waals surface area contributed by atoms with E-state index < -0.39 is 0 Å². The number of anilines is 1. The van der Waals surface area contributed by atoms with E-state index in [2.05, 4.69) is 33.7 Å². The first-order valence-corrected chi connectivity index (χ1v) is 7.62. The second-order valence-electron chi connectivity index (χ2n) is 4.14.